The first kappa shape index (κ1) is 13.4. The number of piperidine rings is 1. The Kier molecular flexibility index (Phi) is 3.39. The van der Waals surface area contributed by atoms with Crippen LogP contribution in [0.2, 0.25) is 0 Å². The molecule has 5 N–H and O–H groups in total. The van der Waals surface area contributed by atoms with Gasteiger partial charge in [-0.15, -0.1) is 0 Å². The summed E-state index contributed by atoms with van der Waals surface area (Å²) < 4.78 is 0.645. The molecule has 106 valence electrons. The third-order valence-electron chi connectivity index (χ3n) is 3.63. The Labute approximate surface area is 124 Å². The summed E-state index contributed by atoms with van der Waals surface area (Å²) in [5.41, 5.74) is 13.3. The van der Waals surface area contributed by atoms with E-state index in [0.717, 1.165) is 37.0 Å². The maximum Gasteiger partial charge on any atom is 0.268 e. The molecular weight excluding hydrogens is 322 g/mol. The summed E-state index contributed by atoms with van der Waals surface area (Å²) in [7, 11) is 0. The number of aromatic amines is 1. The van der Waals surface area contributed by atoms with Crippen LogP contribution in [-0.4, -0.2) is 35.0 Å². The lowest BCUT2D eigenvalue weighted by Gasteiger charge is -2.33. The van der Waals surface area contributed by atoms with Crippen molar-refractivity contribution < 1.29 is 4.79 Å². The zero-order chi connectivity index (χ0) is 14.3. The summed E-state index contributed by atoms with van der Waals surface area (Å²) in [6.07, 6.45) is 3.87. The van der Waals surface area contributed by atoms with Crippen LogP contribution in [0.25, 0.3) is 11.0 Å². The van der Waals surface area contributed by atoms with E-state index in [0.29, 0.717) is 10.1 Å². The second-order valence-corrected chi connectivity index (χ2v) is 5.87. The van der Waals surface area contributed by atoms with Crippen LogP contribution in [0.5, 0.6) is 0 Å². The zero-order valence-corrected chi connectivity index (χ0v) is 12.5. The van der Waals surface area contributed by atoms with Gasteiger partial charge < -0.3 is 21.4 Å². The van der Waals surface area contributed by atoms with Crippen molar-refractivity contribution in [3.8, 4) is 0 Å². The Bertz CT molecular complexity index is 668. The van der Waals surface area contributed by atoms with Crippen LogP contribution in [0.15, 0.2) is 16.7 Å². The largest absolute Gasteiger partial charge is 0.368 e. The summed E-state index contributed by atoms with van der Waals surface area (Å²) >= 11 is 3.48. The number of hydrogen-bond acceptors (Lipinski definition) is 4. The molecule has 0 aromatic carbocycles. The number of nitrogens with zero attached hydrogens (tertiary/aromatic N) is 2. The van der Waals surface area contributed by atoms with E-state index >= 15 is 0 Å². The van der Waals surface area contributed by atoms with Crippen LogP contribution in [0, 0.1) is 0 Å². The molecule has 1 saturated heterocycles. The van der Waals surface area contributed by atoms with Gasteiger partial charge in [0, 0.05) is 30.7 Å². The first-order valence-corrected chi connectivity index (χ1v) is 7.34. The molecule has 7 heteroatoms. The van der Waals surface area contributed by atoms with Crippen LogP contribution in [0.3, 0.4) is 0 Å². The number of nitrogens with one attached hydrogen (secondary N) is 1. The summed E-state index contributed by atoms with van der Waals surface area (Å²) in [5, 5.41) is 0.968. The first-order chi connectivity index (χ1) is 9.58. The Hall–Kier alpha value is -1.60. The molecule has 0 spiro atoms. The molecule has 1 atom stereocenters. The number of aromatic nitrogens is 2. The molecular formula is C13H16BrN5O. The maximum absolute atomic E-state index is 11.6. The summed E-state index contributed by atoms with van der Waals surface area (Å²) in [5.74, 6) is -0.545. The van der Waals surface area contributed by atoms with Crippen LogP contribution in [-0.2, 0) is 0 Å². The van der Waals surface area contributed by atoms with Gasteiger partial charge in [-0.1, -0.05) is 0 Å². The van der Waals surface area contributed by atoms with Crippen molar-refractivity contribution in [2.45, 2.75) is 18.9 Å². The molecule has 3 heterocycles. The highest BCUT2D eigenvalue weighted by molar-refractivity contribution is 9.10. The summed E-state index contributed by atoms with van der Waals surface area (Å²) in [6.45, 7) is 1.68. The lowest BCUT2D eigenvalue weighted by molar-refractivity contribution is 0.0995. The van der Waals surface area contributed by atoms with Crippen LogP contribution in [0.4, 0.5) is 5.69 Å². The van der Waals surface area contributed by atoms with Gasteiger partial charge in [0.25, 0.3) is 5.91 Å². The predicted octanol–water partition coefficient (Wildman–Crippen LogP) is 1.35. The van der Waals surface area contributed by atoms with Crippen LogP contribution >= 0.6 is 15.9 Å². The minimum atomic E-state index is -0.545. The fraction of sp³-hybridized carbons (Fsp3) is 0.385. The number of pyridine rings is 1. The fourth-order valence-electron chi connectivity index (χ4n) is 2.72. The third-order valence-corrected chi connectivity index (χ3v) is 4.38. The normalized spacial score (nSPS) is 19.5. The minimum absolute atomic E-state index is 0.148. The van der Waals surface area contributed by atoms with Crippen molar-refractivity contribution in [2.75, 3.05) is 18.0 Å². The number of H-pyrrole nitrogens is 1. The first-order valence-electron chi connectivity index (χ1n) is 6.55. The molecule has 6 nitrogen and oxygen atoms in total. The SMILES string of the molecule is NC(=O)c1nc2[nH]ccc2c(N2CCC[C@@H](N)C2)c1Br. The number of hydrogen-bond donors (Lipinski definition) is 3. The monoisotopic (exact) mass is 337 g/mol. The van der Waals surface area contributed by atoms with Gasteiger partial charge in [-0.2, -0.15) is 0 Å². The minimum Gasteiger partial charge on any atom is -0.368 e. The molecule has 0 unspecified atom stereocenters. The highest BCUT2D eigenvalue weighted by Gasteiger charge is 2.24. The van der Waals surface area contributed by atoms with Gasteiger partial charge in [-0.05, 0) is 34.8 Å². The number of primary amides is 1. The number of fused-ring (bicyclic) bond motifs is 1. The number of carbonyl (C=O) groups excluding carboxylic acids is 1. The summed E-state index contributed by atoms with van der Waals surface area (Å²) in [4.78, 5) is 21.1. The molecule has 0 radical (unpaired) electrons. The van der Waals surface area contributed by atoms with Gasteiger partial charge >= 0.3 is 0 Å². The van der Waals surface area contributed by atoms with Crippen molar-refractivity contribution in [3.63, 3.8) is 0 Å². The van der Waals surface area contributed by atoms with Crippen molar-refractivity contribution >= 4 is 38.6 Å². The van der Waals surface area contributed by atoms with E-state index in [1.54, 1.807) is 0 Å². The number of halogens is 1. The van der Waals surface area contributed by atoms with Crippen LogP contribution in [0.1, 0.15) is 23.3 Å². The predicted molar refractivity (Wildman–Crippen MR) is 81.7 cm³/mol. The van der Waals surface area contributed by atoms with Gasteiger partial charge in [-0.3, -0.25) is 4.79 Å². The molecule has 2 aromatic rings. The number of amides is 1. The molecule has 3 rings (SSSR count). The quantitative estimate of drug-likeness (QED) is 0.769. The highest BCUT2D eigenvalue weighted by Crippen LogP contribution is 2.36. The Morgan fingerprint density at radius 2 is 2.35 bits per heavy atom. The standard InChI is InChI=1S/C13H16BrN5O/c14-9-10(12(16)20)18-13-8(3-4-17-13)11(9)19-5-1-2-7(15)6-19/h3-4,7H,1-2,5-6,15H2,(H2,16,20)(H,17,18)/t7-/m1/s1. The molecule has 2 aromatic heterocycles. The number of rotatable bonds is 2. The number of carbonyl (C=O) groups is 1. The van der Waals surface area contributed by atoms with Gasteiger partial charge in [0.05, 0.1) is 10.2 Å². The fourth-order valence-corrected chi connectivity index (χ4v) is 3.47. The smallest absolute Gasteiger partial charge is 0.268 e. The molecule has 1 aliphatic heterocycles. The number of nitrogens with two attached hydrogens (primary N) is 2. The van der Waals surface area contributed by atoms with E-state index in [2.05, 4.69) is 30.8 Å². The second kappa shape index (κ2) is 5.06. The maximum atomic E-state index is 11.6. The third kappa shape index (κ3) is 2.16. The zero-order valence-electron chi connectivity index (χ0n) is 10.9. The van der Waals surface area contributed by atoms with Gasteiger partial charge in [-0.25, -0.2) is 4.98 Å². The van der Waals surface area contributed by atoms with Crippen molar-refractivity contribution in [1.29, 1.82) is 0 Å². The molecule has 20 heavy (non-hydrogen) atoms. The highest BCUT2D eigenvalue weighted by atomic mass is 79.9. The van der Waals surface area contributed by atoms with E-state index in [9.17, 15) is 4.79 Å². The van der Waals surface area contributed by atoms with E-state index < -0.39 is 5.91 Å². The van der Waals surface area contributed by atoms with Crippen molar-refractivity contribution in [3.05, 3.63) is 22.4 Å². The van der Waals surface area contributed by atoms with Gasteiger partial charge in [0.15, 0.2) is 0 Å². The van der Waals surface area contributed by atoms with E-state index in [-0.39, 0.29) is 11.7 Å². The molecule has 0 aliphatic carbocycles. The van der Waals surface area contributed by atoms with Gasteiger partial charge in [0.2, 0.25) is 0 Å². The molecule has 0 saturated carbocycles. The summed E-state index contributed by atoms with van der Waals surface area (Å²) in [6, 6.07) is 2.10. The van der Waals surface area contributed by atoms with Crippen molar-refractivity contribution in [1.82, 2.24) is 9.97 Å². The second-order valence-electron chi connectivity index (χ2n) is 5.08. The Balaban J connectivity index is 2.19. The van der Waals surface area contributed by atoms with E-state index in [1.165, 1.54) is 0 Å². The number of anilines is 1. The van der Waals surface area contributed by atoms with E-state index in [1.807, 2.05) is 12.3 Å². The van der Waals surface area contributed by atoms with Crippen molar-refractivity contribution in [2.24, 2.45) is 11.5 Å². The molecule has 1 amide bonds. The lowest BCUT2D eigenvalue weighted by Crippen LogP contribution is -2.43. The average Bonchev–Trinajstić information content (AvgIpc) is 2.85. The lowest BCUT2D eigenvalue weighted by atomic mass is 10.1. The van der Waals surface area contributed by atoms with Gasteiger partial charge in [0.1, 0.15) is 11.3 Å². The Morgan fingerprint density at radius 1 is 1.55 bits per heavy atom. The molecule has 1 aliphatic rings. The van der Waals surface area contributed by atoms with E-state index in [4.69, 9.17) is 11.5 Å². The molecule has 1 fully saturated rings. The topological polar surface area (TPSA) is 101 Å². The van der Waals surface area contributed by atoms with Crippen LogP contribution < -0.4 is 16.4 Å². The molecule has 0 bridgehead atoms. The average molecular weight is 338 g/mol. The Morgan fingerprint density at radius 3 is 3.05 bits per heavy atom.